The molecule has 0 atom stereocenters. The molecule has 0 spiro atoms. The van der Waals surface area contributed by atoms with Gasteiger partial charge >= 0.3 is 5.97 Å². The molecular formula is C13H15N3O3. The van der Waals surface area contributed by atoms with Gasteiger partial charge in [0.05, 0.1) is 5.69 Å². The predicted octanol–water partition coefficient (Wildman–Crippen LogP) is 1.24. The number of carbonyl (C=O) groups is 2. The van der Waals surface area contributed by atoms with E-state index in [4.69, 9.17) is 5.11 Å². The summed E-state index contributed by atoms with van der Waals surface area (Å²) in [7, 11) is 0. The molecule has 0 fully saturated rings. The van der Waals surface area contributed by atoms with Crippen LogP contribution in [0.1, 0.15) is 28.9 Å². The molecule has 0 saturated carbocycles. The van der Waals surface area contributed by atoms with E-state index in [1.165, 1.54) is 0 Å². The molecule has 6 heteroatoms. The highest BCUT2D eigenvalue weighted by atomic mass is 16.4. The molecule has 100 valence electrons. The van der Waals surface area contributed by atoms with Gasteiger partial charge in [-0.15, -0.1) is 0 Å². The van der Waals surface area contributed by atoms with E-state index in [2.05, 4.69) is 10.3 Å². The Morgan fingerprint density at radius 1 is 1.47 bits per heavy atom. The lowest BCUT2D eigenvalue weighted by Crippen LogP contribution is -2.24. The first-order valence-electron chi connectivity index (χ1n) is 6.01. The lowest BCUT2D eigenvalue weighted by atomic mass is 10.2. The zero-order valence-corrected chi connectivity index (χ0v) is 10.6. The Hall–Kier alpha value is -2.37. The topological polar surface area (TPSA) is 83.7 Å². The van der Waals surface area contributed by atoms with Crippen molar-refractivity contribution in [3.8, 4) is 0 Å². The lowest BCUT2D eigenvalue weighted by Gasteiger charge is -2.04. The fraction of sp³-hybridized carbons (Fsp3) is 0.308. The van der Waals surface area contributed by atoms with Gasteiger partial charge in [0.25, 0.3) is 5.91 Å². The Morgan fingerprint density at radius 3 is 3.00 bits per heavy atom. The third-order valence-corrected chi connectivity index (χ3v) is 2.70. The number of carboxylic acid groups (broad SMARTS) is 1. The van der Waals surface area contributed by atoms with E-state index < -0.39 is 5.97 Å². The van der Waals surface area contributed by atoms with Crippen LogP contribution < -0.4 is 5.32 Å². The van der Waals surface area contributed by atoms with Crippen molar-refractivity contribution in [1.29, 1.82) is 0 Å². The van der Waals surface area contributed by atoms with Gasteiger partial charge in [0.2, 0.25) is 0 Å². The molecule has 0 unspecified atom stereocenters. The van der Waals surface area contributed by atoms with Crippen molar-refractivity contribution >= 4 is 17.5 Å². The number of aliphatic carboxylic acids is 1. The third-order valence-electron chi connectivity index (χ3n) is 2.70. The minimum atomic E-state index is -0.858. The van der Waals surface area contributed by atoms with Gasteiger partial charge in [-0.2, -0.15) is 0 Å². The van der Waals surface area contributed by atoms with E-state index in [-0.39, 0.29) is 12.3 Å². The summed E-state index contributed by atoms with van der Waals surface area (Å²) < 4.78 is 1.84. The molecule has 6 nitrogen and oxygen atoms in total. The van der Waals surface area contributed by atoms with Gasteiger partial charge < -0.3 is 14.8 Å². The fourth-order valence-electron chi connectivity index (χ4n) is 1.79. The second-order valence-electron chi connectivity index (χ2n) is 4.32. The maximum absolute atomic E-state index is 11.8. The van der Waals surface area contributed by atoms with Crippen molar-refractivity contribution < 1.29 is 14.7 Å². The Kier molecular flexibility index (Phi) is 3.79. The maximum atomic E-state index is 11.8. The molecule has 2 aromatic rings. The number of amides is 1. The summed E-state index contributed by atoms with van der Waals surface area (Å²) in [6, 6.07) is 3.42. The summed E-state index contributed by atoms with van der Waals surface area (Å²) in [4.78, 5) is 26.5. The number of imidazole rings is 1. The van der Waals surface area contributed by atoms with E-state index >= 15 is 0 Å². The highest BCUT2D eigenvalue weighted by Gasteiger charge is 2.07. The number of carboxylic acids is 1. The van der Waals surface area contributed by atoms with Crippen LogP contribution in [0.2, 0.25) is 0 Å². The van der Waals surface area contributed by atoms with E-state index in [9.17, 15) is 9.59 Å². The molecular weight excluding hydrogens is 246 g/mol. The standard InChI is InChI=1S/C13H15N3O3/c1-9-8-16-6-4-10(7-11(16)15-9)13(19)14-5-2-3-12(17)18/h4,6-8H,2-3,5H2,1H3,(H,14,19)(H,17,18). The van der Waals surface area contributed by atoms with Crippen LogP contribution in [0.5, 0.6) is 0 Å². The first kappa shape index (κ1) is 13.1. The van der Waals surface area contributed by atoms with Gasteiger partial charge in [-0.25, -0.2) is 4.98 Å². The molecule has 0 radical (unpaired) electrons. The number of fused-ring (bicyclic) bond motifs is 1. The maximum Gasteiger partial charge on any atom is 0.303 e. The minimum Gasteiger partial charge on any atom is -0.481 e. The SMILES string of the molecule is Cc1cn2ccc(C(=O)NCCCC(=O)O)cc2n1. The quantitative estimate of drug-likeness (QED) is 0.793. The van der Waals surface area contributed by atoms with Crippen molar-refractivity contribution in [1.82, 2.24) is 14.7 Å². The molecule has 2 rings (SSSR count). The number of hydrogen-bond donors (Lipinski definition) is 2. The second kappa shape index (κ2) is 5.51. The summed E-state index contributed by atoms with van der Waals surface area (Å²) in [5.41, 5.74) is 2.13. The molecule has 0 aromatic carbocycles. The number of aromatic nitrogens is 2. The van der Waals surface area contributed by atoms with Gasteiger partial charge in [-0.3, -0.25) is 9.59 Å². The molecule has 2 aromatic heterocycles. The molecule has 0 aliphatic rings. The van der Waals surface area contributed by atoms with Gasteiger partial charge in [-0.05, 0) is 25.5 Å². The van der Waals surface area contributed by atoms with Crippen LogP contribution in [0.4, 0.5) is 0 Å². The summed E-state index contributed by atoms with van der Waals surface area (Å²) in [6.07, 6.45) is 4.13. The fourth-order valence-corrected chi connectivity index (χ4v) is 1.79. The highest BCUT2D eigenvalue weighted by Crippen LogP contribution is 2.07. The normalized spacial score (nSPS) is 10.6. The Bertz CT molecular complexity index is 619. The van der Waals surface area contributed by atoms with Gasteiger partial charge in [-0.1, -0.05) is 0 Å². The van der Waals surface area contributed by atoms with Crippen LogP contribution in [0.3, 0.4) is 0 Å². The van der Waals surface area contributed by atoms with Crippen LogP contribution in [0.15, 0.2) is 24.5 Å². The number of aryl methyl sites for hydroxylation is 1. The number of carbonyl (C=O) groups excluding carboxylic acids is 1. The summed E-state index contributed by atoms with van der Waals surface area (Å²) >= 11 is 0. The average Bonchev–Trinajstić information content (AvgIpc) is 2.73. The van der Waals surface area contributed by atoms with Crippen molar-refractivity contribution in [2.24, 2.45) is 0 Å². The van der Waals surface area contributed by atoms with Gasteiger partial charge in [0, 0.05) is 30.9 Å². The smallest absolute Gasteiger partial charge is 0.303 e. The minimum absolute atomic E-state index is 0.0543. The van der Waals surface area contributed by atoms with Crippen molar-refractivity contribution in [3.05, 3.63) is 35.8 Å². The zero-order chi connectivity index (χ0) is 13.8. The van der Waals surface area contributed by atoms with Gasteiger partial charge in [0.1, 0.15) is 5.65 Å². The molecule has 19 heavy (non-hydrogen) atoms. The second-order valence-corrected chi connectivity index (χ2v) is 4.32. The molecule has 2 N–H and O–H groups in total. The zero-order valence-electron chi connectivity index (χ0n) is 10.6. The average molecular weight is 261 g/mol. The number of hydrogen-bond acceptors (Lipinski definition) is 3. The van der Waals surface area contributed by atoms with Crippen molar-refractivity contribution in [2.75, 3.05) is 6.54 Å². The molecule has 0 aliphatic heterocycles. The summed E-state index contributed by atoms with van der Waals surface area (Å²) in [5.74, 6) is -1.07. The van der Waals surface area contributed by atoms with E-state index in [0.29, 0.717) is 18.5 Å². The highest BCUT2D eigenvalue weighted by molar-refractivity contribution is 5.95. The number of nitrogens with one attached hydrogen (secondary N) is 1. The van der Waals surface area contributed by atoms with Gasteiger partial charge in [0.15, 0.2) is 0 Å². The van der Waals surface area contributed by atoms with Crippen LogP contribution in [-0.2, 0) is 4.79 Å². The monoisotopic (exact) mass is 261 g/mol. The third kappa shape index (κ3) is 3.31. The number of rotatable bonds is 5. The lowest BCUT2D eigenvalue weighted by molar-refractivity contribution is -0.137. The Morgan fingerprint density at radius 2 is 2.26 bits per heavy atom. The van der Waals surface area contributed by atoms with E-state index in [1.807, 2.05) is 17.5 Å². The first-order valence-corrected chi connectivity index (χ1v) is 6.01. The van der Waals surface area contributed by atoms with E-state index in [0.717, 1.165) is 11.3 Å². The van der Waals surface area contributed by atoms with Crippen LogP contribution in [0, 0.1) is 6.92 Å². The molecule has 1 amide bonds. The number of nitrogens with zero attached hydrogens (tertiary/aromatic N) is 2. The number of pyridine rings is 1. The molecule has 0 saturated heterocycles. The summed E-state index contributed by atoms with van der Waals surface area (Å²) in [6.45, 7) is 2.24. The predicted molar refractivity (Wildman–Crippen MR) is 69.1 cm³/mol. The van der Waals surface area contributed by atoms with Crippen molar-refractivity contribution in [2.45, 2.75) is 19.8 Å². The van der Waals surface area contributed by atoms with Crippen LogP contribution >= 0.6 is 0 Å². The van der Waals surface area contributed by atoms with E-state index in [1.54, 1.807) is 18.3 Å². The Balaban J connectivity index is 1.98. The Labute approximate surface area is 110 Å². The molecule has 0 bridgehead atoms. The molecule has 2 heterocycles. The first-order chi connectivity index (χ1) is 9.06. The largest absolute Gasteiger partial charge is 0.481 e. The molecule has 0 aliphatic carbocycles. The van der Waals surface area contributed by atoms with Crippen LogP contribution in [0.25, 0.3) is 5.65 Å². The summed E-state index contributed by atoms with van der Waals surface area (Å²) in [5, 5.41) is 11.2. The van der Waals surface area contributed by atoms with Crippen LogP contribution in [-0.4, -0.2) is 32.9 Å². The van der Waals surface area contributed by atoms with Crippen molar-refractivity contribution in [3.63, 3.8) is 0 Å².